The fourth-order valence-corrected chi connectivity index (χ4v) is 5.93. The van der Waals surface area contributed by atoms with Crippen LogP contribution in [0.25, 0.3) is 17.2 Å². The van der Waals surface area contributed by atoms with Gasteiger partial charge in [0, 0.05) is 68.1 Å². The lowest BCUT2D eigenvalue weighted by Gasteiger charge is -2.50. The minimum absolute atomic E-state index is 0.0226. The Balaban J connectivity index is 1.34. The molecule has 0 radical (unpaired) electrons. The van der Waals surface area contributed by atoms with Gasteiger partial charge in [0.1, 0.15) is 5.69 Å². The summed E-state index contributed by atoms with van der Waals surface area (Å²) in [4.78, 5) is 11.4. The highest BCUT2D eigenvalue weighted by atomic mass is 16.5. The molecule has 6 rings (SSSR count). The van der Waals surface area contributed by atoms with Crippen molar-refractivity contribution < 1.29 is 9.47 Å². The second-order valence-corrected chi connectivity index (χ2v) is 9.90. The van der Waals surface area contributed by atoms with Crippen molar-refractivity contribution in [1.82, 2.24) is 19.7 Å². The van der Waals surface area contributed by atoms with Crippen molar-refractivity contribution in [1.29, 1.82) is 0 Å². The molecule has 7 heteroatoms. The molecule has 0 bridgehead atoms. The van der Waals surface area contributed by atoms with Crippen LogP contribution >= 0.6 is 0 Å². The molecule has 5 aromatic rings. The molecule has 0 amide bonds. The molecule has 1 aliphatic carbocycles. The van der Waals surface area contributed by atoms with E-state index in [1.165, 1.54) is 11.3 Å². The van der Waals surface area contributed by atoms with Crippen LogP contribution in [0.15, 0.2) is 110 Å². The number of methoxy groups -OCH3 is 2. The number of hydrogen-bond acceptors (Lipinski definition) is 6. The number of rotatable bonds is 9. The lowest BCUT2D eigenvalue weighted by Crippen LogP contribution is -2.53. The molecular formula is C33H33N5O2. The average Bonchev–Trinajstić information content (AvgIpc) is 3.44. The molecule has 0 spiro atoms. The zero-order chi connectivity index (χ0) is 27.5. The average molecular weight is 532 g/mol. The third-order valence-electron chi connectivity index (χ3n) is 7.83. The third-order valence-corrected chi connectivity index (χ3v) is 7.83. The number of benzene rings is 2. The first-order valence-corrected chi connectivity index (χ1v) is 13.6. The van der Waals surface area contributed by atoms with Gasteiger partial charge >= 0.3 is 0 Å². The Morgan fingerprint density at radius 1 is 0.725 bits per heavy atom. The van der Waals surface area contributed by atoms with Gasteiger partial charge in [0.2, 0.25) is 0 Å². The fourth-order valence-electron chi connectivity index (χ4n) is 5.93. The van der Waals surface area contributed by atoms with Crippen LogP contribution in [-0.2, 0) is 9.47 Å². The van der Waals surface area contributed by atoms with E-state index in [0.29, 0.717) is 0 Å². The Bertz CT molecular complexity index is 1510. The molecule has 2 aromatic carbocycles. The predicted octanol–water partition coefficient (Wildman–Crippen LogP) is 6.40. The number of para-hydroxylation sites is 1. The largest absolute Gasteiger partial charge is 0.380 e. The molecule has 0 N–H and O–H groups in total. The molecule has 40 heavy (non-hydrogen) atoms. The topological polar surface area (TPSA) is 65.3 Å². The summed E-state index contributed by atoms with van der Waals surface area (Å²) in [5.74, 6) is 0.806. The van der Waals surface area contributed by atoms with Gasteiger partial charge in [0.15, 0.2) is 5.82 Å². The first-order valence-electron chi connectivity index (χ1n) is 13.6. The van der Waals surface area contributed by atoms with E-state index >= 15 is 0 Å². The van der Waals surface area contributed by atoms with E-state index in [1.807, 2.05) is 53.3 Å². The molecular weight excluding hydrogens is 498 g/mol. The predicted molar refractivity (Wildman–Crippen MR) is 157 cm³/mol. The number of anilines is 2. The van der Waals surface area contributed by atoms with Crippen molar-refractivity contribution in [3.8, 4) is 17.2 Å². The first-order chi connectivity index (χ1) is 19.7. The Labute approximate surface area is 235 Å². The SMILES string of the molecule is CCN(c1ccccc1)c1ccc(C2C(OC)C(c3cn(-c4ccccn4)nc3-c3ccccn3)C2OC)cc1. The second-order valence-electron chi connectivity index (χ2n) is 9.90. The summed E-state index contributed by atoms with van der Waals surface area (Å²) in [6.45, 7) is 3.05. The van der Waals surface area contributed by atoms with E-state index in [4.69, 9.17) is 14.6 Å². The van der Waals surface area contributed by atoms with Gasteiger partial charge in [-0.05, 0) is 61.0 Å². The number of nitrogens with zero attached hydrogens (tertiary/aromatic N) is 5. The highest BCUT2D eigenvalue weighted by Gasteiger charge is 2.54. The van der Waals surface area contributed by atoms with Crippen LogP contribution in [0.2, 0.25) is 0 Å². The zero-order valence-corrected chi connectivity index (χ0v) is 23.0. The van der Waals surface area contributed by atoms with Gasteiger partial charge < -0.3 is 14.4 Å². The standard InChI is InChI=1S/C33H33N5O2/c1-4-37(24-12-6-5-7-13-24)25-18-16-23(17-19-25)29-32(39-2)30(33(29)40-3)26-22-38(28-15-9-11-21-35-28)36-31(26)27-14-8-10-20-34-27/h5-22,29-30,32-33H,4H2,1-3H3. The van der Waals surface area contributed by atoms with Crippen LogP contribution in [-0.4, -0.2) is 52.7 Å². The molecule has 2 atom stereocenters. The smallest absolute Gasteiger partial charge is 0.153 e. The summed E-state index contributed by atoms with van der Waals surface area (Å²) in [6, 6.07) is 30.9. The molecule has 7 nitrogen and oxygen atoms in total. The van der Waals surface area contributed by atoms with Crippen LogP contribution in [0.3, 0.4) is 0 Å². The van der Waals surface area contributed by atoms with Crippen molar-refractivity contribution in [2.45, 2.75) is 31.0 Å². The maximum atomic E-state index is 6.16. The van der Waals surface area contributed by atoms with Gasteiger partial charge in [-0.1, -0.05) is 42.5 Å². The first kappa shape index (κ1) is 25.9. The summed E-state index contributed by atoms with van der Waals surface area (Å²) in [5, 5.41) is 4.93. The Morgan fingerprint density at radius 2 is 1.38 bits per heavy atom. The van der Waals surface area contributed by atoms with Crippen molar-refractivity contribution in [3.05, 3.63) is 121 Å². The number of ether oxygens (including phenoxy) is 2. The molecule has 3 heterocycles. The molecule has 202 valence electrons. The summed E-state index contributed by atoms with van der Waals surface area (Å²) < 4.78 is 14.1. The normalized spacial score (nSPS) is 20.2. The van der Waals surface area contributed by atoms with Gasteiger partial charge in [-0.2, -0.15) is 5.10 Å². The highest BCUT2D eigenvalue weighted by Crippen LogP contribution is 2.53. The van der Waals surface area contributed by atoms with Gasteiger partial charge in [0.25, 0.3) is 0 Å². The van der Waals surface area contributed by atoms with Crippen LogP contribution in [0.4, 0.5) is 11.4 Å². The Hall–Kier alpha value is -4.33. The lowest BCUT2D eigenvalue weighted by atomic mass is 9.63. The lowest BCUT2D eigenvalue weighted by molar-refractivity contribution is -0.115. The maximum absolute atomic E-state index is 6.16. The summed E-state index contributed by atoms with van der Waals surface area (Å²) in [5.41, 5.74) is 6.20. The van der Waals surface area contributed by atoms with Crippen molar-refractivity contribution in [3.63, 3.8) is 0 Å². The number of hydrogen-bond donors (Lipinski definition) is 0. The van der Waals surface area contributed by atoms with Crippen LogP contribution in [0.5, 0.6) is 0 Å². The van der Waals surface area contributed by atoms with E-state index < -0.39 is 0 Å². The van der Waals surface area contributed by atoms with E-state index in [2.05, 4.69) is 70.3 Å². The Kier molecular flexibility index (Phi) is 7.40. The molecule has 1 fully saturated rings. The van der Waals surface area contributed by atoms with Crippen LogP contribution in [0.1, 0.15) is 29.9 Å². The zero-order valence-electron chi connectivity index (χ0n) is 23.0. The summed E-state index contributed by atoms with van der Waals surface area (Å²) >= 11 is 0. The molecule has 3 aromatic heterocycles. The molecule has 0 saturated heterocycles. The van der Waals surface area contributed by atoms with Gasteiger partial charge in [-0.15, -0.1) is 0 Å². The molecule has 0 aliphatic heterocycles. The minimum atomic E-state index is -0.0870. The summed E-state index contributed by atoms with van der Waals surface area (Å²) in [6.07, 6.45) is 5.44. The van der Waals surface area contributed by atoms with Gasteiger partial charge in [-0.3, -0.25) is 4.98 Å². The van der Waals surface area contributed by atoms with E-state index in [0.717, 1.165) is 35.0 Å². The summed E-state index contributed by atoms with van der Waals surface area (Å²) in [7, 11) is 3.56. The maximum Gasteiger partial charge on any atom is 0.153 e. The monoisotopic (exact) mass is 531 g/mol. The highest BCUT2D eigenvalue weighted by molar-refractivity contribution is 5.64. The third kappa shape index (κ3) is 4.68. The Morgan fingerprint density at radius 3 is 1.98 bits per heavy atom. The van der Waals surface area contributed by atoms with Crippen molar-refractivity contribution in [2.24, 2.45) is 0 Å². The quantitative estimate of drug-likeness (QED) is 0.219. The van der Waals surface area contributed by atoms with Crippen LogP contribution < -0.4 is 4.90 Å². The van der Waals surface area contributed by atoms with E-state index in [1.54, 1.807) is 26.6 Å². The molecule has 2 unspecified atom stereocenters. The van der Waals surface area contributed by atoms with Crippen molar-refractivity contribution >= 4 is 11.4 Å². The number of aromatic nitrogens is 4. The molecule has 1 saturated carbocycles. The number of pyridine rings is 2. The second kappa shape index (κ2) is 11.4. The van der Waals surface area contributed by atoms with Crippen LogP contribution in [0, 0.1) is 0 Å². The van der Waals surface area contributed by atoms with E-state index in [9.17, 15) is 0 Å². The van der Waals surface area contributed by atoms with Gasteiger partial charge in [-0.25, -0.2) is 9.67 Å². The molecule has 1 aliphatic rings. The minimum Gasteiger partial charge on any atom is -0.380 e. The fraction of sp³-hybridized carbons (Fsp3) is 0.242. The van der Waals surface area contributed by atoms with E-state index in [-0.39, 0.29) is 24.0 Å². The van der Waals surface area contributed by atoms with Crippen molar-refractivity contribution in [2.75, 3.05) is 25.7 Å². The van der Waals surface area contributed by atoms with Gasteiger partial charge in [0.05, 0.1) is 17.9 Å².